The average molecular weight is 451 g/mol. The normalized spacial score (nSPS) is 14.9. The third-order valence-electron chi connectivity index (χ3n) is 6.33. The molecule has 1 amide bonds. The van der Waals surface area contributed by atoms with E-state index in [1.807, 2.05) is 78.9 Å². The number of carbonyl (C=O) groups is 2. The molecule has 5 rings (SSSR count). The number of para-hydroxylation sites is 2. The first kappa shape index (κ1) is 21.8. The number of aryl methyl sites for hydroxylation is 1. The van der Waals surface area contributed by atoms with E-state index in [9.17, 15) is 9.59 Å². The Hall–Kier alpha value is -3.99. The number of anilines is 1. The fraction of sp³-hybridized carbons (Fsp3) is 0.207. The maximum absolute atomic E-state index is 13.3. The van der Waals surface area contributed by atoms with Crippen LogP contribution in [-0.4, -0.2) is 23.5 Å². The van der Waals surface area contributed by atoms with E-state index in [0.717, 1.165) is 52.5 Å². The second-order valence-electron chi connectivity index (χ2n) is 8.81. The van der Waals surface area contributed by atoms with E-state index < -0.39 is 5.97 Å². The van der Waals surface area contributed by atoms with Crippen molar-refractivity contribution in [2.75, 3.05) is 11.9 Å². The predicted molar refractivity (Wildman–Crippen MR) is 134 cm³/mol. The highest BCUT2D eigenvalue weighted by molar-refractivity contribution is 6.06. The van der Waals surface area contributed by atoms with Crippen LogP contribution < -0.4 is 5.32 Å². The van der Waals surface area contributed by atoms with Gasteiger partial charge in [-0.25, -0.2) is 4.79 Å². The van der Waals surface area contributed by atoms with Gasteiger partial charge in [0.25, 0.3) is 5.91 Å². The van der Waals surface area contributed by atoms with Gasteiger partial charge in [0, 0.05) is 22.3 Å². The lowest BCUT2D eigenvalue weighted by Gasteiger charge is -2.24. The molecular formula is C29H26N2O3. The van der Waals surface area contributed by atoms with Gasteiger partial charge in [0.05, 0.1) is 11.1 Å². The molecule has 0 saturated heterocycles. The van der Waals surface area contributed by atoms with Crippen LogP contribution in [0.1, 0.15) is 35.0 Å². The summed E-state index contributed by atoms with van der Waals surface area (Å²) in [6.45, 7) is 1.83. The lowest BCUT2D eigenvalue weighted by atomic mass is 9.84. The van der Waals surface area contributed by atoms with Crippen molar-refractivity contribution in [2.24, 2.45) is 5.92 Å². The van der Waals surface area contributed by atoms with Gasteiger partial charge in [-0.05, 0) is 48.4 Å². The van der Waals surface area contributed by atoms with E-state index >= 15 is 0 Å². The summed E-state index contributed by atoms with van der Waals surface area (Å²) in [5, 5.41) is 3.67. The topological polar surface area (TPSA) is 68.3 Å². The van der Waals surface area contributed by atoms with Gasteiger partial charge in [0.15, 0.2) is 6.61 Å². The number of pyridine rings is 1. The Morgan fingerprint density at radius 1 is 0.971 bits per heavy atom. The van der Waals surface area contributed by atoms with E-state index in [4.69, 9.17) is 9.72 Å². The monoisotopic (exact) mass is 450 g/mol. The van der Waals surface area contributed by atoms with Crippen LogP contribution in [0.3, 0.4) is 0 Å². The molecular weight excluding hydrogens is 424 g/mol. The molecule has 0 saturated carbocycles. The second kappa shape index (κ2) is 9.48. The Morgan fingerprint density at radius 2 is 1.71 bits per heavy atom. The summed E-state index contributed by atoms with van der Waals surface area (Å²) < 4.78 is 5.54. The van der Waals surface area contributed by atoms with Crippen molar-refractivity contribution < 1.29 is 14.3 Å². The number of ether oxygens (including phenoxy) is 1. The fourth-order valence-electron chi connectivity index (χ4n) is 4.65. The molecule has 0 fully saturated rings. The molecule has 1 aromatic heterocycles. The number of aromatic nitrogens is 1. The molecule has 0 spiro atoms. The van der Waals surface area contributed by atoms with Gasteiger partial charge >= 0.3 is 5.97 Å². The summed E-state index contributed by atoms with van der Waals surface area (Å²) in [6.07, 6.45) is 2.68. The number of carbonyl (C=O) groups excluding carboxylic acids is 2. The molecule has 0 radical (unpaired) electrons. The molecule has 1 aliphatic rings. The van der Waals surface area contributed by atoms with Crippen molar-refractivity contribution in [3.05, 3.63) is 95.7 Å². The quantitative estimate of drug-likeness (QED) is 0.389. The molecule has 1 atom stereocenters. The Bertz CT molecular complexity index is 1360. The van der Waals surface area contributed by atoms with Crippen LogP contribution in [0.15, 0.2) is 78.9 Å². The van der Waals surface area contributed by atoms with Gasteiger partial charge in [-0.15, -0.1) is 0 Å². The van der Waals surface area contributed by atoms with Crippen molar-refractivity contribution in [2.45, 2.75) is 26.2 Å². The number of hydrogen-bond donors (Lipinski definition) is 1. The Labute approximate surface area is 198 Å². The molecule has 34 heavy (non-hydrogen) atoms. The second-order valence-corrected chi connectivity index (χ2v) is 8.81. The Kier molecular flexibility index (Phi) is 6.09. The molecule has 1 unspecified atom stereocenters. The van der Waals surface area contributed by atoms with Crippen molar-refractivity contribution in [3.8, 4) is 11.1 Å². The summed E-state index contributed by atoms with van der Waals surface area (Å²) in [5.41, 5.74) is 5.83. The van der Waals surface area contributed by atoms with Crippen LogP contribution in [0.2, 0.25) is 0 Å². The van der Waals surface area contributed by atoms with Gasteiger partial charge < -0.3 is 10.1 Å². The number of fused-ring (bicyclic) bond motifs is 2. The highest BCUT2D eigenvalue weighted by Crippen LogP contribution is 2.32. The lowest BCUT2D eigenvalue weighted by Crippen LogP contribution is -2.23. The van der Waals surface area contributed by atoms with Crippen molar-refractivity contribution in [1.29, 1.82) is 0 Å². The standard InChI is InChI=1S/C29H26N2O3/c1-19-15-16-26-23(17-19)28(22-12-6-8-14-25(22)30-26)29(33)34-18-27(32)31-24-13-7-5-11-21(24)20-9-3-2-4-10-20/h2-14,19H,15-18H2,1H3,(H,31,32). The average Bonchev–Trinajstić information content (AvgIpc) is 2.87. The highest BCUT2D eigenvalue weighted by atomic mass is 16.5. The Balaban J connectivity index is 1.36. The zero-order chi connectivity index (χ0) is 23.5. The summed E-state index contributed by atoms with van der Waals surface area (Å²) >= 11 is 0. The fourth-order valence-corrected chi connectivity index (χ4v) is 4.65. The maximum Gasteiger partial charge on any atom is 0.339 e. The number of rotatable bonds is 5. The first-order chi connectivity index (χ1) is 16.6. The van der Waals surface area contributed by atoms with Gasteiger partial charge in [0.2, 0.25) is 0 Å². The molecule has 5 heteroatoms. The molecule has 1 heterocycles. The molecule has 5 nitrogen and oxygen atoms in total. The van der Waals surface area contributed by atoms with E-state index in [1.54, 1.807) is 0 Å². The number of nitrogens with one attached hydrogen (secondary N) is 1. The first-order valence-electron chi connectivity index (χ1n) is 11.6. The largest absolute Gasteiger partial charge is 0.452 e. The minimum Gasteiger partial charge on any atom is -0.452 e. The summed E-state index contributed by atoms with van der Waals surface area (Å²) in [4.78, 5) is 30.8. The maximum atomic E-state index is 13.3. The van der Waals surface area contributed by atoms with Crippen LogP contribution in [0.5, 0.6) is 0 Å². The van der Waals surface area contributed by atoms with Gasteiger partial charge in [-0.1, -0.05) is 73.7 Å². The van der Waals surface area contributed by atoms with Crippen LogP contribution in [-0.2, 0) is 22.4 Å². The number of esters is 1. The summed E-state index contributed by atoms with van der Waals surface area (Å²) in [6, 6.07) is 25.1. The van der Waals surface area contributed by atoms with Crippen LogP contribution in [0, 0.1) is 5.92 Å². The minimum absolute atomic E-state index is 0.358. The van der Waals surface area contributed by atoms with Gasteiger partial charge in [-0.2, -0.15) is 0 Å². The molecule has 1 aliphatic carbocycles. The summed E-state index contributed by atoms with van der Waals surface area (Å²) in [5.74, 6) is -0.382. The molecule has 4 aromatic rings. The smallest absolute Gasteiger partial charge is 0.339 e. The van der Waals surface area contributed by atoms with E-state index in [0.29, 0.717) is 17.2 Å². The van der Waals surface area contributed by atoms with E-state index in [1.165, 1.54) is 0 Å². The highest BCUT2D eigenvalue weighted by Gasteiger charge is 2.26. The molecule has 0 bridgehead atoms. The van der Waals surface area contributed by atoms with Crippen LogP contribution in [0.25, 0.3) is 22.0 Å². The molecule has 0 aliphatic heterocycles. The predicted octanol–water partition coefficient (Wildman–Crippen LogP) is 5.82. The van der Waals surface area contributed by atoms with Gasteiger partial charge in [0.1, 0.15) is 0 Å². The van der Waals surface area contributed by atoms with Crippen LogP contribution in [0.4, 0.5) is 5.69 Å². The molecule has 3 aromatic carbocycles. The van der Waals surface area contributed by atoms with Crippen molar-refractivity contribution in [1.82, 2.24) is 4.98 Å². The van der Waals surface area contributed by atoms with Crippen molar-refractivity contribution in [3.63, 3.8) is 0 Å². The minimum atomic E-state index is -0.476. The lowest BCUT2D eigenvalue weighted by molar-refractivity contribution is -0.119. The number of hydrogen-bond acceptors (Lipinski definition) is 4. The van der Waals surface area contributed by atoms with Crippen LogP contribution >= 0.6 is 0 Å². The van der Waals surface area contributed by atoms with E-state index in [-0.39, 0.29) is 12.5 Å². The number of benzene rings is 3. The number of nitrogens with zero attached hydrogens (tertiary/aromatic N) is 1. The molecule has 170 valence electrons. The number of amides is 1. The Morgan fingerprint density at radius 3 is 2.56 bits per heavy atom. The van der Waals surface area contributed by atoms with Gasteiger partial charge in [-0.3, -0.25) is 9.78 Å². The SMILES string of the molecule is CC1CCc2nc3ccccc3c(C(=O)OCC(=O)Nc3ccccc3-c3ccccc3)c2C1. The third-order valence-corrected chi connectivity index (χ3v) is 6.33. The van der Waals surface area contributed by atoms with E-state index in [2.05, 4.69) is 12.2 Å². The first-order valence-corrected chi connectivity index (χ1v) is 11.6. The summed E-state index contributed by atoms with van der Waals surface area (Å²) in [7, 11) is 0. The zero-order valence-electron chi connectivity index (χ0n) is 19.1. The zero-order valence-corrected chi connectivity index (χ0v) is 19.1. The van der Waals surface area contributed by atoms with Crippen molar-refractivity contribution >= 4 is 28.5 Å². The third kappa shape index (κ3) is 4.42. The molecule has 1 N–H and O–H groups in total.